The molecule has 36 valence electrons. The summed E-state index contributed by atoms with van der Waals surface area (Å²) in [4.78, 5) is 0. The monoisotopic (exact) mass is 88.1 g/mol. The molecule has 0 aliphatic rings. The van der Waals surface area contributed by atoms with Crippen molar-refractivity contribution in [2.24, 2.45) is 0 Å². The van der Waals surface area contributed by atoms with Crippen LogP contribution in [0.25, 0.3) is 0 Å². The van der Waals surface area contributed by atoms with E-state index >= 15 is 0 Å². The maximum atomic E-state index is 8.02. The number of hydrogen-bond acceptors (Lipinski definition) is 2. The second kappa shape index (κ2) is 2.87. The van der Waals surface area contributed by atoms with Gasteiger partial charge in [0.15, 0.2) is 6.29 Å². The summed E-state index contributed by atoms with van der Waals surface area (Å²) < 4.78 is 0. The Bertz CT molecular complexity index is 47.5. The average Bonchev–Trinajstić information content (AvgIpc) is 1.35. The Balaban J connectivity index is 3.03. The molecule has 0 aromatic carbocycles. The van der Waals surface area contributed by atoms with Gasteiger partial charge in [-0.25, -0.2) is 0 Å². The molecule has 0 rings (SSSR count). The molecule has 2 heteroatoms. The van der Waals surface area contributed by atoms with Crippen LogP contribution in [0.1, 0.15) is 6.92 Å². The lowest BCUT2D eigenvalue weighted by Gasteiger charge is -1.86. The minimum absolute atomic E-state index is 1.28. The van der Waals surface area contributed by atoms with Crippen LogP contribution >= 0.6 is 0 Å². The first-order valence-corrected chi connectivity index (χ1v) is 1.76. The number of aliphatic hydroxyl groups excluding tert-OH is 1. The van der Waals surface area contributed by atoms with E-state index in [1.807, 2.05) is 0 Å². The lowest BCUT2D eigenvalue weighted by molar-refractivity contribution is 0.00228. The maximum absolute atomic E-state index is 8.02. The summed E-state index contributed by atoms with van der Waals surface area (Å²) >= 11 is 0. The molecule has 0 aromatic heterocycles. The van der Waals surface area contributed by atoms with E-state index in [0.29, 0.717) is 0 Å². The molecule has 0 aliphatic carbocycles. The van der Waals surface area contributed by atoms with Crippen molar-refractivity contribution < 1.29 is 10.2 Å². The molecule has 2 nitrogen and oxygen atoms in total. The Morgan fingerprint density at radius 3 is 2.00 bits per heavy atom. The number of hydrogen-bond donors (Lipinski definition) is 2. The first-order chi connectivity index (χ1) is 2.77. The van der Waals surface area contributed by atoms with E-state index in [0.717, 1.165) is 0 Å². The molecule has 0 aliphatic heterocycles. The van der Waals surface area contributed by atoms with Crippen molar-refractivity contribution in [2.45, 2.75) is 13.2 Å². The highest BCUT2D eigenvalue weighted by Gasteiger charge is 1.79. The Hall–Kier alpha value is -0.340. The van der Waals surface area contributed by atoms with Gasteiger partial charge in [0, 0.05) is 0 Å². The van der Waals surface area contributed by atoms with Gasteiger partial charge in [-0.05, 0) is 13.0 Å². The molecule has 0 atom stereocenters. The minimum atomic E-state index is -1.28. The zero-order valence-corrected chi connectivity index (χ0v) is 3.63. The fourth-order valence-corrected chi connectivity index (χ4v) is 0.172. The summed E-state index contributed by atoms with van der Waals surface area (Å²) in [6.45, 7) is 1.72. The molecule has 0 unspecified atom stereocenters. The van der Waals surface area contributed by atoms with Crippen LogP contribution in [0.2, 0.25) is 0 Å². The van der Waals surface area contributed by atoms with Gasteiger partial charge in [-0.3, -0.25) is 0 Å². The van der Waals surface area contributed by atoms with Crippen molar-refractivity contribution in [1.29, 1.82) is 0 Å². The highest BCUT2D eigenvalue weighted by Crippen LogP contribution is 1.74. The molecule has 0 aromatic rings. The predicted molar refractivity (Wildman–Crippen MR) is 23.0 cm³/mol. The van der Waals surface area contributed by atoms with Crippen LogP contribution in [0.3, 0.4) is 0 Å². The van der Waals surface area contributed by atoms with Crippen molar-refractivity contribution in [3.05, 3.63) is 12.2 Å². The van der Waals surface area contributed by atoms with Gasteiger partial charge in [0.2, 0.25) is 0 Å². The third-order valence-corrected chi connectivity index (χ3v) is 0.365. The molecule has 0 fully saturated rings. The van der Waals surface area contributed by atoms with E-state index in [2.05, 4.69) is 0 Å². The second-order valence-corrected chi connectivity index (χ2v) is 0.939. The first kappa shape index (κ1) is 5.66. The Morgan fingerprint density at radius 2 is 2.00 bits per heavy atom. The summed E-state index contributed by atoms with van der Waals surface area (Å²) in [5.41, 5.74) is 0. The smallest absolute Gasteiger partial charge is 0.171 e. The molecule has 0 spiro atoms. The summed E-state index contributed by atoms with van der Waals surface area (Å²) in [5.74, 6) is 0. The van der Waals surface area contributed by atoms with Crippen molar-refractivity contribution in [2.75, 3.05) is 0 Å². The molecule has 2 N–H and O–H groups in total. The Kier molecular flexibility index (Phi) is 2.71. The molecule has 0 saturated carbocycles. The maximum Gasteiger partial charge on any atom is 0.171 e. The Labute approximate surface area is 36.7 Å². The van der Waals surface area contributed by atoms with Gasteiger partial charge in [-0.1, -0.05) is 6.08 Å². The van der Waals surface area contributed by atoms with Gasteiger partial charge in [0.1, 0.15) is 0 Å². The number of rotatable bonds is 1. The molecular weight excluding hydrogens is 80.0 g/mol. The van der Waals surface area contributed by atoms with Crippen LogP contribution in [-0.2, 0) is 0 Å². The molecule has 0 bridgehead atoms. The highest BCUT2D eigenvalue weighted by atomic mass is 16.5. The van der Waals surface area contributed by atoms with Crippen LogP contribution in [0.15, 0.2) is 12.2 Å². The van der Waals surface area contributed by atoms with Gasteiger partial charge >= 0.3 is 0 Å². The van der Waals surface area contributed by atoms with Crippen LogP contribution in [0.4, 0.5) is 0 Å². The first-order valence-electron chi connectivity index (χ1n) is 1.76. The van der Waals surface area contributed by atoms with Gasteiger partial charge < -0.3 is 10.2 Å². The van der Waals surface area contributed by atoms with E-state index in [4.69, 9.17) is 10.2 Å². The standard InChI is InChI=1S/C4H8O2/c1-2-3-4(5)6/h2-6H,1H3/b3-2-. The quantitative estimate of drug-likeness (QED) is 0.346. The average molecular weight is 88.1 g/mol. The van der Waals surface area contributed by atoms with Crippen LogP contribution in [0.5, 0.6) is 0 Å². The predicted octanol–water partition coefficient (Wildman–Crippen LogP) is -0.127. The van der Waals surface area contributed by atoms with E-state index in [1.165, 1.54) is 6.08 Å². The lowest BCUT2D eigenvalue weighted by Crippen LogP contribution is -1.96. The van der Waals surface area contributed by atoms with Crippen molar-refractivity contribution >= 4 is 0 Å². The summed E-state index contributed by atoms with van der Waals surface area (Å²) in [6.07, 6.45) is 1.57. The van der Waals surface area contributed by atoms with Crippen LogP contribution < -0.4 is 0 Å². The summed E-state index contributed by atoms with van der Waals surface area (Å²) in [5, 5.41) is 16.0. The highest BCUT2D eigenvalue weighted by molar-refractivity contribution is 4.78. The zero-order chi connectivity index (χ0) is 4.99. The topological polar surface area (TPSA) is 40.5 Å². The second-order valence-electron chi connectivity index (χ2n) is 0.939. The largest absolute Gasteiger partial charge is 0.365 e. The molecular formula is C4H8O2. The minimum Gasteiger partial charge on any atom is -0.365 e. The van der Waals surface area contributed by atoms with Crippen LogP contribution in [-0.4, -0.2) is 16.5 Å². The molecule has 0 amide bonds. The van der Waals surface area contributed by atoms with E-state index in [9.17, 15) is 0 Å². The van der Waals surface area contributed by atoms with E-state index in [-0.39, 0.29) is 0 Å². The van der Waals surface area contributed by atoms with Gasteiger partial charge in [0.05, 0.1) is 0 Å². The third kappa shape index (κ3) is 3.66. The fraction of sp³-hybridized carbons (Fsp3) is 0.500. The lowest BCUT2D eigenvalue weighted by atomic mass is 10.5. The fourth-order valence-electron chi connectivity index (χ4n) is 0.172. The van der Waals surface area contributed by atoms with Gasteiger partial charge in [-0.15, -0.1) is 0 Å². The van der Waals surface area contributed by atoms with Gasteiger partial charge in [0.25, 0.3) is 0 Å². The third-order valence-electron chi connectivity index (χ3n) is 0.365. The summed E-state index contributed by atoms with van der Waals surface area (Å²) in [6, 6.07) is 0. The van der Waals surface area contributed by atoms with Crippen molar-refractivity contribution in [1.82, 2.24) is 0 Å². The van der Waals surface area contributed by atoms with Crippen molar-refractivity contribution in [3.63, 3.8) is 0 Å². The molecule has 0 heterocycles. The molecule has 0 saturated heterocycles. The number of aliphatic hydroxyl groups is 2. The molecule has 0 radical (unpaired) electrons. The SMILES string of the molecule is C/C=C\C(O)O. The normalized spacial score (nSPS) is 11.3. The molecule has 6 heavy (non-hydrogen) atoms. The van der Waals surface area contributed by atoms with Gasteiger partial charge in [-0.2, -0.15) is 0 Å². The summed E-state index contributed by atoms with van der Waals surface area (Å²) in [7, 11) is 0. The Morgan fingerprint density at radius 1 is 1.50 bits per heavy atom. The van der Waals surface area contributed by atoms with E-state index in [1.54, 1.807) is 13.0 Å². The van der Waals surface area contributed by atoms with E-state index < -0.39 is 6.29 Å². The van der Waals surface area contributed by atoms with Crippen molar-refractivity contribution in [3.8, 4) is 0 Å². The zero-order valence-electron chi connectivity index (χ0n) is 3.63. The number of allylic oxidation sites excluding steroid dienone is 1. The van der Waals surface area contributed by atoms with Crippen LogP contribution in [0, 0.1) is 0 Å².